The van der Waals surface area contributed by atoms with Crippen LogP contribution in [-0.4, -0.2) is 10.1 Å². The molecular weight excluding hydrogens is 250 g/mol. The number of aromatic nitrogens is 1. The summed E-state index contributed by atoms with van der Waals surface area (Å²) in [6.45, 7) is 3.81. The van der Waals surface area contributed by atoms with E-state index in [1.165, 1.54) is 0 Å². The van der Waals surface area contributed by atoms with Crippen LogP contribution in [0.25, 0.3) is 0 Å². The van der Waals surface area contributed by atoms with Gasteiger partial charge in [-0.2, -0.15) is 0 Å². The quantitative estimate of drug-likeness (QED) is 0.919. The highest BCUT2D eigenvalue weighted by Gasteiger charge is 2.05. The van der Waals surface area contributed by atoms with Crippen molar-refractivity contribution in [1.82, 2.24) is 4.98 Å². The molecule has 1 N–H and O–H groups in total. The van der Waals surface area contributed by atoms with Crippen LogP contribution in [0.15, 0.2) is 30.3 Å². The number of aliphatic hydroxyl groups is 1. The van der Waals surface area contributed by atoms with E-state index in [-0.39, 0.29) is 6.61 Å². The van der Waals surface area contributed by atoms with E-state index in [0.29, 0.717) is 16.6 Å². The Morgan fingerprint density at radius 2 is 1.83 bits per heavy atom. The zero-order valence-electron chi connectivity index (χ0n) is 10.3. The van der Waals surface area contributed by atoms with Crippen molar-refractivity contribution in [3.05, 3.63) is 52.2 Å². The Balaban J connectivity index is 2.28. The Morgan fingerprint density at radius 1 is 1.17 bits per heavy atom. The molecule has 0 radical (unpaired) electrons. The molecule has 2 rings (SSSR count). The van der Waals surface area contributed by atoms with Crippen molar-refractivity contribution in [2.24, 2.45) is 0 Å². The number of hydrogen-bond acceptors (Lipinski definition) is 3. The number of aryl methyl sites for hydroxylation is 2. The number of halogens is 1. The number of ether oxygens (including phenoxy) is 1. The fraction of sp³-hybridized carbons (Fsp3) is 0.214. The fourth-order valence-corrected chi connectivity index (χ4v) is 1.91. The molecule has 2 aromatic rings. The van der Waals surface area contributed by atoms with Crippen LogP contribution in [0, 0.1) is 13.8 Å². The fourth-order valence-electron chi connectivity index (χ4n) is 1.74. The minimum Gasteiger partial charge on any atom is -0.439 e. The van der Waals surface area contributed by atoms with Crippen molar-refractivity contribution in [2.45, 2.75) is 20.5 Å². The van der Waals surface area contributed by atoms with Crippen LogP contribution in [0.2, 0.25) is 5.02 Å². The second-order valence-electron chi connectivity index (χ2n) is 4.16. The standard InChI is InChI=1S/C14H14ClNO2/c1-9-5-10(2)7-11(6-9)18-14-4-3-12(15)13(8-17)16-14/h3-7,17H,8H2,1-2H3. The third kappa shape index (κ3) is 3.00. The summed E-state index contributed by atoms with van der Waals surface area (Å²) in [5.41, 5.74) is 2.67. The van der Waals surface area contributed by atoms with Crippen LogP contribution >= 0.6 is 11.6 Å². The molecule has 0 aliphatic carbocycles. The molecule has 3 nitrogen and oxygen atoms in total. The van der Waals surface area contributed by atoms with Gasteiger partial charge in [0, 0.05) is 6.07 Å². The Morgan fingerprint density at radius 3 is 2.44 bits per heavy atom. The summed E-state index contributed by atoms with van der Waals surface area (Å²) in [4.78, 5) is 4.14. The largest absolute Gasteiger partial charge is 0.439 e. The summed E-state index contributed by atoms with van der Waals surface area (Å²) in [5.74, 6) is 1.15. The number of pyridine rings is 1. The van der Waals surface area contributed by atoms with Crippen molar-refractivity contribution in [3.63, 3.8) is 0 Å². The topological polar surface area (TPSA) is 42.4 Å². The Hall–Kier alpha value is -1.58. The van der Waals surface area contributed by atoms with Gasteiger partial charge in [0.15, 0.2) is 0 Å². The van der Waals surface area contributed by atoms with Gasteiger partial charge in [0.05, 0.1) is 17.3 Å². The third-order valence-electron chi connectivity index (χ3n) is 2.46. The van der Waals surface area contributed by atoms with Gasteiger partial charge >= 0.3 is 0 Å². The molecule has 1 aromatic carbocycles. The molecule has 1 heterocycles. The minimum atomic E-state index is -0.205. The van der Waals surface area contributed by atoms with Crippen LogP contribution in [0.1, 0.15) is 16.8 Å². The van der Waals surface area contributed by atoms with Gasteiger partial charge in [-0.3, -0.25) is 0 Å². The van der Waals surface area contributed by atoms with Crippen molar-refractivity contribution in [2.75, 3.05) is 0 Å². The number of nitrogens with zero attached hydrogens (tertiary/aromatic N) is 1. The van der Waals surface area contributed by atoms with E-state index in [1.807, 2.05) is 26.0 Å². The van der Waals surface area contributed by atoms with Gasteiger partial charge in [-0.25, -0.2) is 4.98 Å². The summed E-state index contributed by atoms with van der Waals surface area (Å²) >= 11 is 5.87. The molecule has 0 bridgehead atoms. The molecule has 1 aromatic heterocycles. The maximum atomic E-state index is 9.09. The number of rotatable bonds is 3. The molecular formula is C14H14ClNO2. The molecule has 94 valence electrons. The van der Waals surface area contributed by atoms with Gasteiger partial charge < -0.3 is 9.84 Å². The second-order valence-corrected chi connectivity index (χ2v) is 4.57. The van der Waals surface area contributed by atoms with E-state index in [4.69, 9.17) is 21.4 Å². The second kappa shape index (κ2) is 5.38. The molecule has 0 aliphatic heterocycles. The predicted octanol–water partition coefficient (Wildman–Crippen LogP) is 3.64. The van der Waals surface area contributed by atoms with Gasteiger partial charge in [0.2, 0.25) is 5.88 Å². The van der Waals surface area contributed by atoms with Crippen molar-refractivity contribution in [1.29, 1.82) is 0 Å². The lowest BCUT2D eigenvalue weighted by atomic mass is 10.1. The van der Waals surface area contributed by atoms with Crippen molar-refractivity contribution in [3.8, 4) is 11.6 Å². The molecule has 0 aliphatic rings. The average Bonchev–Trinajstić information content (AvgIpc) is 2.30. The molecule has 0 atom stereocenters. The van der Waals surface area contributed by atoms with E-state index in [1.54, 1.807) is 12.1 Å². The van der Waals surface area contributed by atoms with E-state index in [2.05, 4.69) is 11.1 Å². The Bertz CT molecular complexity index is 549. The summed E-state index contributed by atoms with van der Waals surface area (Å²) < 4.78 is 5.66. The highest BCUT2D eigenvalue weighted by molar-refractivity contribution is 6.31. The zero-order chi connectivity index (χ0) is 13.1. The van der Waals surface area contributed by atoms with Gasteiger partial charge in [0.25, 0.3) is 0 Å². The third-order valence-corrected chi connectivity index (χ3v) is 2.80. The van der Waals surface area contributed by atoms with Gasteiger partial charge in [0.1, 0.15) is 5.75 Å². The summed E-state index contributed by atoms with van der Waals surface area (Å²) in [6, 6.07) is 9.28. The highest BCUT2D eigenvalue weighted by Crippen LogP contribution is 2.24. The summed E-state index contributed by atoms with van der Waals surface area (Å²) in [5, 5.41) is 9.53. The first-order valence-corrected chi connectivity index (χ1v) is 5.98. The monoisotopic (exact) mass is 263 g/mol. The number of hydrogen-bond donors (Lipinski definition) is 1. The van der Waals surface area contributed by atoms with Crippen molar-refractivity contribution < 1.29 is 9.84 Å². The molecule has 18 heavy (non-hydrogen) atoms. The van der Waals surface area contributed by atoms with Crippen LogP contribution in [0.5, 0.6) is 11.6 Å². The van der Waals surface area contributed by atoms with E-state index in [9.17, 15) is 0 Å². The Kier molecular flexibility index (Phi) is 3.84. The Labute approximate surface area is 111 Å². The SMILES string of the molecule is Cc1cc(C)cc(Oc2ccc(Cl)c(CO)n2)c1. The van der Waals surface area contributed by atoms with Gasteiger partial charge in [-0.05, 0) is 43.2 Å². The minimum absolute atomic E-state index is 0.205. The molecule has 0 spiro atoms. The predicted molar refractivity (Wildman–Crippen MR) is 71.2 cm³/mol. The summed E-state index contributed by atoms with van der Waals surface area (Å²) in [7, 11) is 0. The van der Waals surface area contributed by atoms with Crippen LogP contribution < -0.4 is 4.74 Å². The van der Waals surface area contributed by atoms with E-state index in [0.717, 1.165) is 16.9 Å². The molecule has 4 heteroatoms. The summed E-state index contributed by atoms with van der Waals surface area (Å²) in [6.07, 6.45) is 0. The highest BCUT2D eigenvalue weighted by atomic mass is 35.5. The average molecular weight is 264 g/mol. The smallest absolute Gasteiger partial charge is 0.219 e. The molecule has 0 saturated carbocycles. The zero-order valence-corrected chi connectivity index (χ0v) is 11.0. The van der Waals surface area contributed by atoms with Crippen LogP contribution in [0.3, 0.4) is 0 Å². The van der Waals surface area contributed by atoms with Crippen LogP contribution in [0.4, 0.5) is 0 Å². The molecule has 0 fully saturated rings. The van der Waals surface area contributed by atoms with Gasteiger partial charge in [-0.1, -0.05) is 17.7 Å². The van der Waals surface area contributed by atoms with Crippen molar-refractivity contribution >= 4 is 11.6 Å². The number of aliphatic hydroxyl groups excluding tert-OH is 1. The number of benzene rings is 1. The molecule has 0 amide bonds. The van der Waals surface area contributed by atoms with Crippen LogP contribution in [-0.2, 0) is 6.61 Å². The lowest BCUT2D eigenvalue weighted by Gasteiger charge is -2.08. The molecule has 0 unspecified atom stereocenters. The maximum Gasteiger partial charge on any atom is 0.219 e. The first kappa shape index (κ1) is 12.9. The lowest BCUT2D eigenvalue weighted by Crippen LogP contribution is -1.95. The van der Waals surface area contributed by atoms with E-state index < -0.39 is 0 Å². The normalized spacial score (nSPS) is 10.4. The molecule has 0 saturated heterocycles. The first-order valence-electron chi connectivity index (χ1n) is 5.61. The maximum absolute atomic E-state index is 9.09. The first-order chi connectivity index (χ1) is 8.58. The van der Waals surface area contributed by atoms with Gasteiger partial charge in [-0.15, -0.1) is 0 Å². The van der Waals surface area contributed by atoms with E-state index >= 15 is 0 Å². The lowest BCUT2D eigenvalue weighted by molar-refractivity contribution is 0.275.